The Hall–Kier alpha value is -18.8. The molecule has 31 rings (SSSR count). The second-order valence-corrected chi connectivity index (χ2v) is 36.1. The molecular weight excluding hydrogens is 1700 g/mol. The Morgan fingerprint density at radius 1 is 0.144 bits per heavy atom. The van der Waals surface area contributed by atoms with Crippen molar-refractivity contribution >= 4 is 208 Å². The molecule has 0 radical (unpaired) electrons. The Labute approximate surface area is 793 Å². The third-order valence-electron chi connectivity index (χ3n) is 28.5. The molecule has 0 aliphatic carbocycles. The smallest absolute Gasteiger partial charge is 0.235 e. The van der Waals surface area contributed by atoms with E-state index in [9.17, 15) is 0 Å². The van der Waals surface area contributed by atoms with Gasteiger partial charge in [0.15, 0.2) is 0 Å². The average molecular weight is 1780 g/mol. The fourth-order valence-corrected chi connectivity index (χ4v) is 22.5. The molecule has 0 unspecified atom stereocenters. The summed E-state index contributed by atoms with van der Waals surface area (Å²) in [6, 6.07) is 168. The molecule has 10 aromatic heterocycles. The minimum Gasteiger partial charge on any atom is -0.456 e. The lowest BCUT2D eigenvalue weighted by atomic mass is 10.0. The summed E-state index contributed by atoms with van der Waals surface area (Å²) < 4.78 is 33.6. The molecule has 0 fully saturated rings. The van der Waals surface area contributed by atoms with Gasteiger partial charge in [0.1, 0.15) is 33.5 Å². The van der Waals surface area contributed by atoms with Gasteiger partial charge in [-0.3, -0.25) is 4.57 Å². The summed E-state index contributed by atoms with van der Waals surface area (Å²) in [7, 11) is 0. The number of rotatable bonds is 9. The first kappa shape index (κ1) is 77.7. The van der Waals surface area contributed by atoms with Crippen LogP contribution in [0.4, 0.5) is 0 Å². The highest BCUT2D eigenvalue weighted by atomic mass is 16.3. The summed E-state index contributed by atoms with van der Waals surface area (Å²) in [5, 5.41) is 22.4. The van der Waals surface area contributed by atoms with Gasteiger partial charge in [0.25, 0.3) is 0 Å². The SMILES string of the molecule is c1ccc(-c2cccc(-n3c4ccccc4c4cc5c6c7c(ccc6n(-c6ccccc6)c5cc43)oc3ccc(-c4ccccc4)cc37)c2)cc1.c1ccc(-c2nc(-n3c4cc5oc6ccccc6c5cc4c4cc5c6ccccc6n(-c6ccccc6)c5cc43)nc3ccccc23)cc1.c1ccc(-n2c3ccccc3c3cc4c5c6c(ccc5n(-c5ccccc5)c4cc32)oc2ccccc26)cc1. The van der Waals surface area contributed by atoms with Crippen LogP contribution in [-0.4, -0.2) is 37.4 Å². The molecule has 0 bridgehead atoms. The van der Waals surface area contributed by atoms with E-state index in [0.717, 1.165) is 149 Å². The van der Waals surface area contributed by atoms with Crippen LogP contribution in [-0.2, 0) is 0 Å². The number of hydrogen-bond donors (Lipinski definition) is 0. The van der Waals surface area contributed by atoms with Gasteiger partial charge in [-0.05, 0) is 198 Å². The highest BCUT2D eigenvalue weighted by molar-refractivity contribution is 6.32. The fourth-order valence-electron chi connectivity index (χ4n) is 22.5. The monoisotopic (exact) mass is 1770 g/mol. The van der Waals surface area contributed by atoms with Crippen LogP contribution in [0.3, 0.4) is 0 Å². The van der Waals surface area contributed by atoms with Crippen LogP contribution < -0.4 is 0 Å². The van der Waals surface area contributed by atoms with Crippen LogP contribution >= 0.6 is 0 Å². The third kappa shape index (κ3) is 12.1. The maximum atomic E-state index is 6.57. The number of aromatic nitrogens is 8. The van der Waals surface area contributed by atoms with Crippen molar-refractivity contribution in [1.82, 2.24) is 37.4 Å². The summed E-state index contributed by atoms with van der Waals surface area (Å²) in [4.78, 5) is 10.6. The van der Waals surface area contributed by atoms with E-state index in [2.05, 4.69) is 470 Å². The van der Waals surface area contributed by atoms with Gasteiger partial charge < -0.3 is 36.1 Å². The standard InChI is InChI=1S/C48H30N2O.C44H26N4O.C36H22N2O/c1-4-13-31(14-5-1)33-17-12-20-36(27-33)50-41-22-11-10-21-37(41)38-29-39-44(30-43(38)50)49(35-18-8-3-9-19-35)42-24-26-46-48(47(39)42)40-28-34(23-25-45(40)51-46)32-15-6-2-7-16-32;1-3-13-27(14-4-1)43-31-19-7-10-20-36(31)45-44(46-43)48-39-25-38-32(29-17-8-11-21-37(29)47(38)28-15-5-2-6-16-28)23-33(39)34-24-35-30-18-9-12-22-41(30)49-42(35)26-40(34)48;1-3-11-23(12-4-1)37-29-17-9-7-15-25(29)27-21-28-32(22-31(27)37)38(24-13-5-2-6-14-24)30-19-20-34-36(35(28)30)26-16-8-10-18-33(26)39-34/h1-30H;1-26H;1-22H. The van der Waals surface area contributed by atoms with Gasteiger partial charge in [-0.2, -0.15) is 0 Å². The van der Waals surface area contributed by atoms with E-state index < -0.39 is 0 Å². The summed E-state index contributed by atoms with van der Waals surface area (Å²) in [5.41, 5.74) is 32.4. The number of furan rings is 3. The number of para-hydroxylation sites is 10. The first-order valence-corrected chi connectivity index (χ1v) is 47.2. The van der Waals surface area contributed by atoms with Gasteiger partial charge in [0.05, 0.1) is 77.4 Å². The largest absolute Gasteiger partial charge is 0.456 e. The van der Waals surface area contributed by atoms with Gasteiger partial charge in [0.2, 0.25) is 5.95 Å². The summed E-state index contributed by atoms with van der Waals surface area (Å²) >= 11 is 0. The summed E-state index contributed by atoms with van der Waals surface area (Å²) in [5.74, 6) is 0.620. The number of benzene rings is 21. The first-order valence-electron chi connectivity index (χ1n) is 47.2. The molecule has 21 aromatic carbocycles. The maximum Gasteiger partial charge on any atom is 0.235 e. The Balaban J connectivity index is 0.000000101. The predicted molar refractivity (Wildman–Crippen MR) is 577 cm³/mol. The highest BCUT2D eigenvalue weighted by Gasteiger charge is 2.29. The lowest BCUT2D eigenvalue weighted by Crippen LogP contribution is -2.03. The van der Waals surface area contributed by atoms with Gasteiger partial charge in [-0.25, -0.2) is 9.97 Å². The van der Waals surface area contributed by atoms with Crippen molar-refractivity contribution in [3.8, 4) is 67.9 Å². The van der Waals surface area contributed by atoms with Crippen molar-refractivity contribution in [1.29, 1.82) is 0 Å². The van der Waals surface area contributed by atoms with E-state index in [1.807, 2.05) is 30.3 Å². The molecule has 11 nitrogen and oxygen atoms in total. The fraction of sp³-hybridized carbons (Fsp3) is 0. The predicted octanol–water partition coefficient (Wildman–Crippen LogP) is 34.3. The van der Waals surface area contributed by atoms with Gasteiger partial charge in [-0.1, -0.05) is 291 Å². The number of fused-ring (bicyclic) bond motifs is 30. The molecule has 11 heteroatoms. The van der Waals surface area contributed by atoms with E-state index in [1.54, 1.807) is 0 Å². The van der Waals surface area contributed by atoms with E-state index in [0.29, 0.717) is 5.95 Å². The zero-order valence-electron chi connectivity index (χ0n) is 74.8. The molecule has 0 spiro atoms. The van der Waals surface area contributed by atoms with E-state index in [1.165, 1.54) is 120 Å². The Kier molecular flexibility index (Phi) is 17.3. The van der Waals surface area contributed by atoms with Crippen molar-refractivity contribution in [2.24, 2.45) is 0 Å². The van der Waals surface area contributed by atoms with E-state index in [4.69, 9.17) is 23.2 Å². The molecule has 0 saturated carbocycles. The third-order valence-corrected chi connectivity index (χ3v) is 28.5. The van der Waals surface area contributed by atoms with Crippen LogP contribution in [0.2, 0.25) is 0 Å². The van der Waals surface area contributed by atoms with Gasteiger partial charge in [-0.15, -0.1) is 0 Å². The maximum absolute atomic E-state index is 6.57. The van der Waals surface area contributed by atoms with Crippen molar-refractivity contribution in [2.45, 2.75) is 0 Å². The van der Waals surface area contributed by atoms with Crippen molar-refractivity contribution in [3.63, 3.8) is 0 Å². The van der Waals surface area contributed by atoms with Crippen molar-refractivity contribution in [2.75, 3.05) is 0 Å². The zero-order valence-corrected chi connectivity index (χ0v) is 74.8. The van der Waals surface area contributed by atoms with Crippen LogP contribution in [0.1, 0.15) is 0 Å². The van der Waals surface area contributed by atoms with Gasteiger partial charge in [0, 0.05) is 142 Å². The molecule has 648 valence electrons. The van der Waals surface area contributed by atoms with Crippen LogP contribution in [0.5, 0.6) is 0 Å². The Bertz CT molecular complexity index is 10500. The lowest BCUT2D eigenvalue weighted by Gasteiger charge is -2.12. The topological polar surface area (TPSA) is 94.8 Å². The normalized spacial score (nSPS) is 12.0. The second-order valence-electron chi connectivity index (χ2n) is 36.1. The number of nitrogens with zero attached hydrogens (tertiary/aromatic N) is 8. The quantitative estimate of drug-likeness (QED) is 0.143. The molecule has 31 aromatic rings. The van der Waals surface area contributed by atoms with Crippen LogP contribution in [0.15, 0.2) is 486 Å². The molecular formula is C128H78N8O3. The minimum atomic E-state index is 0.620. The zero-order chi connectivity index (χ0) is 91.0. The first-order chi connectivity index (χ1) is 69.0. The highest BCUT2D eigenvalue weighted by Crippen LogP contribution is 2.50. The molecule has 0 aliphatic heterocycles. The molecule has 0 N–H and O–H groups in total. The molecule has 0 saturated heterocycles. The van der Waals surface area contributed by atoms with E-state index in [-0.39, 0.29) is 0 Å². The molecule has 0 atom stereocenters. The molecule has 10 heterocycles. The van der Waals surface area contributed by atoms with Crippen molar-refractivity contribution < 1.29 is 13.3 Å². The molecule has 139 heavy (non-hydrogen) atoms. The minimum absolute atomic E-state index is 0.620. The molecule has 0 amide bonds. The van der Waals surface area contributed by atoms with Crippen LogP contribution in [0, 0.1) is 0 Å². The second kappa shape index (κ2) is 30.9. The Morgan fingerprint density at radius 2 is 0.475 bits per heavy atom. The summed E-state index contributed by atoms with van der Waals surface area (Å²) in [6.45, 7) is 0. The summed E-state index contributed by atoms with van der Waals surface area (Å²) in [6.07, 6.45) is 0. The van der Waals surface area contributed by atoms with E-state index >= 15 is 0 Å². The molecule has 0 aliphatic rings. The van der Waals surface area contributed by atoms with Crippen LogP contribution in [0.25, 0.3) is 275 Å². The Morgan fingerprint density at radius 3 is 0.986 bits per heavy atom. The van der Waals surface area contributed by atoms with Crippen molar-refractivity contribution in [3.05, 3.63) is 473 Å². The van der Waals surface area contributed by atoms with Gasteiger partial charge >= 0.3 is 0 Å². The average Bonchev–Trinajstić information content (AvgIpc) is 1.55. The lowest BCUT2D eigenvalue weighted by molar-refractivity contribution is 0.669. The number of hydrogen-bond acceptors (Lipinski definition) is 5.